The third-order valence-corrected chi connectivity index (χ3v) is 3.45. The van der Waals surface area contributed by atoms with Crippen LogP contribution in [0.1, 0.15) is 31.9 Å². The molecule has 0 aliphatic heterocycles. The van der Waals surface area contributed by atoms with Crippen LogP contribution in [0.4, 0.5) is 5.69 Å². The Hall–Kier alpha value is -1.23. The summed E-state index contributed by atoms with van der Waals surface area (Å²) >= 11 is 0. The van der Waals surface area contributed by atoms with E-state index in [9.17, 15) is 0 Å². The Kier molecular flexibility index (Phi) is 4.11. The first kappa shape index (κ1) is 13.2. The molecule has 0 saturated heterocycles. The average Bonchev–Trinajstić information content (AvgIpc) is 3.13. The van der Waals surface area contributed by atoms with Crippen molar-refractivity contribution < 1.29 is 4.74 Å². The van der Waals surface area contributed by atoms with E-state index in [-0.39, 0.29) is 0 Å². The highest BCUT2D eigenvalue weighted by Gasteiger charge is 2.25. The SMILES string of the molecule is CCCc1nn(C)c(OCCN(C)C2CC2)c1N. The predicted octanol–water partition coefficient (Wildman–Crippen LogP) is 1.43. The third-order valence-electron chi connectivity index (χ3n) is 3.45. The van der Waals surface area contributed by atoms with Crippen molar-refractivity contribution in [1.82, 2.24) is 14.7 Å². The van der Waals surface area contributed by atoms with Crippen LogP contribution in [-0.4, -0.2) is 40.9 Å². The number of nitrogen functional groups attached to an aromatic ring is 1. The van der Waals surface area contributed by atoms with Gasteiger partial charge in [0.2, 0.25) is 5.88 Å². The Bertz CT molecular complexity index is 398. The topological polar surface area (TPSA) is 56.3 Å². The molecule has 2 rings (SSSR count). The summed E-state index contributed by atoms with van der Waals surface area (Å²) < 4.78 is 7.52. The van der Waals surface area contributed by atoms with Gasteiger partial charge in [-0.05, 0) is 26.3 Å². The van der Waals surface area contributed by atoms with E-state index in [4.69, 9.17) is 10.5 Å². The Morgan fingerprint density at radius 1 is 1.50 bits per heavy atom. The summed E-state index contributed by atoms with van der Waals surface area (Å²) in [6, 6.07) is 0.771. The third kappa shape index (κ3) is 2.96. The second-order valence-corrected chi connectivity index (χ2v) is 5.10. The molecule has 1 aliphatic carbocycles. The van der Waals surface area contributed by atoms with Crippen LogP contribution >= 0.6 is 0 Å². The van der Waals surface area contributed by atoms with Gasteiger partial charge < -0.3 is 15.4 Å². The van der Waals surface area contributed by atoms with Gasteiger partial charge in [-0.2, -0.15) is 5.10 Å². The van der Waals surface area contributed by atoms with Gasteiger partial charge in [0.05, 0.1) is 5.69 Å². The molecule has 0 atom stereocenters. The molecule has 5 nitrogen and oxygen atoms in total. The number of rotatable bonds is 7. The number of anilines is 1. The molecule has 1 heterocycles. The van der Waals surface area contributed by atoms with E-state index >= 15 is 0 Å². The van der Waals surface area contributed by atoms with Crippen LogP contribution in [0.5, 0.6) is 5.88 Å². The Morgan fingerprint density at radius 2 is 2.22 bits per heavy atom. The number of aryl methyl sites for hydroxylation is 2. The fourth-order valence-corrected chi connectivity index (χ4v) is 2.15. The second kappa shape index (κ2) is 5.61. The molecule has 5 heteroatoms. The molecular formula is C13H24N4O. The van der Waals surface area contributed by atoms with Crippen LogP contribution in [-0.2, 0) is 13.5 Å². The van der Waals surface area contributed by atoms with Crippen molar-refractivity contribution in [2.75, 3.05) is 25.9 Å². The summed E-state index contributed by atoms with van der Waals surface area (Å²) in [5.74, 6) is 0.711. The van der Waals surface area contributed by atoms with Gasteiger partial charge in [0.1, 0.15) is 12.3 Å². The molecule has 1 aromatic rings. The van der Waals surface area contributed by atoms with Crippen molar-refractivity contribution in [1.29, 1.82) is 0 Å². The molecule has 0 radical (unpaired) electrons. The smallest absolute Gasteiger partial charge is 0.235 e. The van der Waals surface area contributed by atoms with Crippen molar-refractivity contribution in [3.05, 3.63) is 5.69 Å². The Labute approximate surface area is 109 Å². The highest BCUT2D eigenvalue weighted by Crippen LogP contribution is 2.27. The van der Waals surface area contributed by atoms with E-state index in [1.165, 1.54) is 12.8 Å². The normalized spacial score (nSPS) is 15.3. The number of nitrogens with two attached hydrogens (primary N) is 1. The Morgan fingerprint density at radius 3 is 2.83 bits per heavy atom. The monoisotopic (exact) mass is 252 g/mol. The zero-order chi connectivity index (χ0) is 13.1. The molecule has 2 N–H and O–H groups in total. The molecule has 102 valence electrons. The van der Waals surface area contributed by atoms with Crippen molar-refractivity contribution in [3.63, 3.8) is 0 Å². The Balaban J connectivity index is 1.87. The van der Waals surface area contributed by atoms with Gasteiger partial charge in [0.15, 0.2) is 0 Å². The second-order valence-electron chi connectivity index (χ2n) is 5.10. The maximum atomic E-state index is 6.06. The van der Waals surface area contributed by atoms with Crippen LogP contribution in [0.2, 0.25) is 0 Å². The molecule has 1 aliphatic rings. The van der Waals surface area contributed by atoms with Gasteiger partial charge in [-0.3, -0.25) is 0 Å². The lowest BCUT2D eigenvalue weighted by molar-refractivity contribution is 0.221. The average molecular weight is 252 g/mol. The molecule has 1 saturated carbocycles. The van der Waals surface area contributed by atoms with Gasteiger partial charge >= 0.3 is 0 Å². The molecule has 0 aromatic carbocycles. The molecule has 0 unspecified atom stereocenters. The highest BCUT2D eigenvalue weighted by molar-refractivity contribution is 5.53. The molecule has 0 amide bonds. The van der Waals surface area contributed by atoms with Crippen LogP contribution in [0, 0.1) is 0 Å². The van der Waals surface area contributed by atoms with Gasteiger partial charge in [-0.25, -0.2) is 4.68 Å². The van der Waals surface area contributed by atoms with Gasteiger partial charge in [0.25, 0.3) is 0 Å². The summed E-state index contributed by atoms with van der Waals surface area (Å²) in [5, 5.41) is 4.40. The van der Waals surface area contributed by atoms with E-state index in [1.54, 1.807) is 4.68 Å². The quantitative estimate of drug-likeness (QED) is 0.797. The van der Waals surface area contributed by atoms with E-state index in [0.29, 0.717) is 18.2 Å². The number of aromatic nitrogens is 2. The number of ether oxygens (including phenoxy) is 1. The van der Waals surface area contributed by atoms with Gasteiger partial charge in [-0.15, -0.1) is 0 Å². The maximum Gasteiger partial charge on any atom is 0.235 e. The van der Waals surface area contributed by atoms with Crippen molar-refractivity contribution in [2.45, 2.75) is 38.6 Å². The lowest BCUT2D eigenvalue weighted by atomic mass is 10.2. The summed E-state index contributed by atoms with van der Waals surface area (Å²) in [6.07, 6.45) is 4.60. The number of hydrogen-bond donors (Lipinski definition) is 1. The maximum absolute atomic E-state index is 6.06. The zero-order valence-corrected chi connectivity index (χ0v) is 11.6. The first-order valence-electron chi connectivity index (χ1n) is 6.77. The summed E-state index contributed by atoms with van der Waals surface area (Å²) in [7, 11) is 4.03. The predicted molar refractivity (Wildman–Crippen MR) is 72.8 cm³/mol. The standard InChI is InChI=1S/C13H24N4O/c1-4-5-11-12(14)13(17(3)15-11)18-9-8-16(2)10-6-7-10/h10H,4-9,14H2,1-3H3. The summed E-state index contributed by atoms with van der Waals surface area (Å²) in [5.41, 5.74) is 7.71. The molecule has 1 fully saturated rings. The molecular weight excluding hydrogens is 228 g/mol. The van der Waals surface area contributed by atoms with Crippen molar-refractivity contribution in [2.24, 2.45) is 7.05 Å². The summed E-state index contributed by atoms with van der Waals surface area (Å²) in [6.45, 7) is 3.74. The van der Waals surface area contributed by atoms with E-state index in [1.807, 2.05) is 7.05 Å². The van der Waals surface area contributed by atoms with Crippen molar-refractivity contribution in [3.8, 4) is 5.88 Å². The summed E-state index contributed by atoms with van der Waals surface area (Å²) in [4.78, 5) is 2.35. The number of hydrogen-bond acceptors (Lipinski definition) is 4. The molecule has 0 bridgehead atoms. The minimum absolute atomic E-state index is 0.669. The lowest BCUT2D eigenvalue weighted by Gasteiger charge is -2.15. The first-order chi connectivity index (χ1) is 8.63. The largest absolute Gasteiger partial charge is 0.475 e. The molecule has 1 aromatic heterocycles. The number of likely N-dealkylation sites (N-methyl/N-ethyl adjacent to an activating group) is 1. The van der Waals surface area contributed by atoms with E-state index in [2.05, 4.69) is 24.0 Å². The lowest BCUT2D eigenvalue weighted by Crippen LogP contribution is -2.26. The van der Waals surface area contributed by atoms with E-state index < -0.39 is 0 Å². The molecule has 0 spiro atoms. The number of nitrogens with zero attached hydrogens (tertiary/aromatic N) is 3. The highest BCUT2D eigenvalue weighted by atomic mass is 16.5. The minimum atomic E-state index is 0.669. The molecule has 18 heavy (non-hydrogen) atoms. The van der Waals surface area contributed by atoms with Crippen molar-refractivity contribution >= 4 is 5.69 Å². The van der Waals surface area contributed by atoms with Crippen LogP contribution in [0.15, 0.2) is 0 Å². The van der Waals surface area contributed by atoms with Crippen LogP contribution < -0.4 is 10.5 Å². The van der Waals surface area contributed by atoms with E-state index in [0.717, 1.165) is 31.1 Å². The fraction of sp³-hybridized carbons (Fsp3) is 0.769. The van der Waals surface area contributed by atoms with Gasteiger partial charge in [-0.1, -0.05) is 13.3 Å². The minimum Gasteiger partial charge on any atom is -0.475 e. The fourth-order valence-electron chi connectivity index (χ4n) is 2.15. The van der Waals surface area contributed by atoms with Gasteiger partial charge in [0, 0.05) is 19.6 Å². The first-order valence-corrected chi connectivity index (χ1v) is 6.77. The zero-order valence-electron chi connectivity index (χ0n) is 11.6. The van der Waals surface area contributed by atoms with Crippen LogP contribution in [0.25, 0.3) is 0 Å². The van der Waals surface area contributed by atoms with Crippen LogP contribution in [0.3, 0.4) is 0 Å².